The Labute approximate surface area is 202 Å². The molecule has 0 fully saturated rings. The number of hydrogen-bond donors (Lipinski definition) is 1. The van der Waals surface area contributed by atoms with Crippen LogP contribution in [0.5, 0.6) is 11.5 Å². The number of unbranched alkanes of at least 4 members (excludes halogenated alkanes) is 1. The molecule has 0 unspecified atom stereocenters. The van der Waals surface area contributed by atoms with Gasteiger partial charge in [-0.05, 0) is 48.7 Å². The average molecular weight is 486 g/mol. The average Bonchev–Trinajstić information content (AvgIpc) is 2.83. The van der Waals surface area contributed by atoms with Crippen LogP contribution in [-0.4, -0.2) is 35.8 Å². The van der Waals surface area contributed by atoms with Crippen molar-refractivity contribution in [3.8, 4) is 17.2 Å². The molecule has 3 aromatic rings. The normalized spacial score (nSPS) is 10.7. The number of carbonyl (C=O) groups excluding carboxylic acids is 1. The molecule has 1 amide bonds. The molecule has 0 aliphatic carbocycles. The van der Waals surface area contributed by atoms with Gasteiger partial charge in [-0.25, -0.2) is 9.36 Å². The van der Waals surface area contributed by atoms with Gasteiger partial charge in [0.25, 0.3) is 11.5 Å². The Morgan fingerprint density at radius 1 is 1.06 bits per heavy atom. The molecule has 9 heteroatoms. The fourth-order valence-electron chi connectivity index (χ4n) is 3.54. The predicted octanol–water partition coefficient (Wildman–Crippen LogP) is 3.44. The van der Waals surface area contributed by atoms with E-state index < -0.39 is 17.2 Å². The SMILES string of the molecule is CCCCn1cc(C(=O)NCCc2ccc(OC)c(OC)c2)c(=O)n(-c2cccc(Cl)c2)c1=O. The topological polar surface area (TPSA) is 91.6 Å². The van der Waals surface area contributed by atoms with Gasteiger partial charge in [0.1, 0.15) is 5.56 Å². The van der Waals surface area contributed by atoms with Gasteiger partial charge in [-0.1, -0.05) is 37.1 Å². The van der Waals surface area contributed by atoms with Gasteiger partial charge in [0.05, 0.1) is 19.9 Å². The quantitative estimate of drug-likeness (QED) is 0.475. The molecule has 1 heterocycles. The van der Waals surface area contributed by atoms with Crippen LogP contribution in [0.2, 0.25) is 5.02 Å². The van der Waals surface area contributed by atoms with Crippen molar-refractivity contribution in [2.75, 3.05) is 20.8 Å². The summed E-state index contributed by atoms with van der Waals surface area (Å²) in [6.45, 7) is 2.68. The van der Waals surface area contributed by atoms with Gasteiger partial charge in [-0.3, -0.25) is 14.2 Å². The van der Waals surface area contributed by atoms with E-state index in [9.17, 15) is 14.4 Å². The van der Waals surface area contributed by atoms with Gasteiger partial charge in [-0.15, -0.1) is 0 Å². The molecule has 2 aromatic carbocycles. The lowest BCUT2D eigenvalue weighted by Gasteiger charge is -2.14. The third-order valence-electron chi connectivity index (χ3n) is 5.37. The van der Waals surface area contributed by atoms with Crippen LogP contribution in [0.4, 0.5) is 0 Å². The summed E-state index contributed by atoms with van der Waals surface area (Å²) in [4.78, 5) is 39.2. The summed E-state index contributed by atoms with van der Waals surface area (Å²) in [5, 5.41) is 3.16. The van der Waals surface area contributed by atoms with E-state index in [1.165, 1.54) is 16.8 Å². The molecule has 0 aliphatic rings. The number of ether oxygens (including phenoxy) is 2. The van der Waals surface area contributed by atoms with Crippen LogP contribution in [0, 0.1) is 0 Å². The maximum Gasteiger partial charge on any atom is 0.335 e. The highest BCUT2D eigenvalue weighted by Crippen LogP contribution is 2.27. The minimum absolute atomic E-state index is 0.108. The zero-order chi connectivity index (χ0) is 24.7. The number of amides is 1. The maximum absolute atomic E-state index is 13.2. The number of hydrogen-bond acceptors (Lipinski definition) is 5. The Hall–Kier alpha value is -3.52. The van der Waals surface area contributed by atoms with Crippen LogP contribution in [0.25, 0.3) is 5.69 Å². The van der Waals surface area contributed by atoms with E-state index in [0.29, 0.717) is 41.7 Å². The maximum atomic E-state index is 13.2. The molecule has 0 saturated heterocycles. The van der Waals surface area contributed by atoms with Gasteiger partial charge in [-0.2, -0.15) is 0 Å². The first-order valence-corrected chi connectivity index (χ1v) is 11.4. The Morgan fingerprint density at radius 3 is 2.50 bits per heavy atom. The molecule has 0 saturated carbocycles. The van der Waals surface area contributed by atoms with Crippen molar-refractivity contribution in [3.05, 3.63) is 85.6 Å². The first-order valence-electron chi connectivity index (χ1n) is 11.0. The van der Waals surface area contributed by atoms with Crippen LogP contribution >= 0.6 is 11.6 Å². The van der Waals surface area contributed by atoms with Crippen LogP contribution in [-0.2, 0) is 13.0 Å². The number of aromatic nitrogens is 2. The van der Waals surface area contributed by atoms with Crippen LogP contribution < -0.4 is 26.0 Å². The minimum atomic E-state index is -0.691. The molecule has 180 valence electrons. The molecular formula is C25H28ClN3O5. The van der Waals surface area contributed by atoms with Crippen molar-refractivity contribution in [3.63, 3.8) is 0 Å². The second-order valence-corrected chi connectivity index (χ2v) is 8.12. The molecule has 0 spiro atoms. The highest BCUT2D eigenvalue weighted by molar-refractivity contribution is 6.30. The van der Waals surface area contributed by atoms with Crippen molar-refractivity contribution in [1.29, 1.82) is 0 Å². The molecule has 0 bridgehead atoms. The van der Waals surface area contributed by atoms with Gasteiger partial charge >= 0.3 is 5.69 Å². The van der Waals surface area contributed by atoms with Crippen molar-refractivity contribution < 1.29 is 14.3 Å². The third-order valence-corrected chi connectivity index (χ3v) is 5.60. The summed E-state index contributed by atoms with van der Waals surface area (Å²) in [5.74, 6) is 0.663. The molecule has 0 atom stereocenters. The van der Waals surface area contributed by atoms with Crippen LogP contribution in [0.1, 0.15) is 35.7 Å². The number of benzene rings is 2. The minimum Gasteiger partial charge on any atom is -0.493 e. The Bertz CT molecular complexity index is 1280. The summed E-state index contributed by atoms with van der Waals surface area (Å²) in [6, 6.07) is 11.9. The number of nitrogens with one attached hydrogen (secondary N) is 1. The van der Waals surface area contributed by atoms with E-state index in [1.54, 1.807) is 38.5 Å². The monoisotopic (exact) mass is 485 g/mol. The van der Waals surface area contributed by atoms with Gasteiger partial charge in [0.15, 0.2) is 11.5 Å². The second kappa shape index (κ2) is 11.6. The Balaban J connectivity index is 1.88. The molecule has 34 heavy (non-hydrogen) atoms. The van der Waals surface area contributed by atoms with E-state index >= 15 is 0 Å². The van der Waals surface area contributed by atoms with E-state index in [-0.39, 0.29) is 5.56 Å². The molecule has 8 nitrogen and oxygen atoms in total. The van der Waals surface area contributed by atoms with Crippen molar-refractivity contribution in [1.82, 2.24) is 14.5 Å². The van der Waals surface area contributed by atoms with Crippen molar-refractivity contribution >= 4 is 17.5 Å². The lowest BCUT2D eigenvalue weighted by molar-refractivity contribution is 0.0951. The van der Waals surface area contributed by atoms with E-state index in [2.05, 4.69) is 5.32 Å². The highest BCUT2D eigenvalue weighted by atomic mass is 35.5. The molecule has 1 aromatic heterocycles. The first-order chi connectivity index (χ1) is 16.4. The Kier molecular flexibility index (Phi) is 8.54. The summed E-state index contributed by atoms with van der Waals surface area (Å²) in [7, 11) is 3.12. The van der Waals surface area contributed by atoms with Gasteiger partial charge in [0, 0.05) is 24.3 Å². The van der Waals surface area contributed by atoms with Crippen molar-refractivity contribution in [2.24, 2.45) is 0 Å². The summed E-state index contributed by atoms with van der Waals surface area (Å²) in [6.07, 6.45) is 3.45. The highest BCUT2D eigenvalue weighted by Gasteiger charge is 2.18. The van der Waals surface area contributed by atoms with Crippen LogP contribution in [0.15, 0.2) is 58.3 Å². The largest absolute Gasteiger partial charge is 0.493 e. The van der Waals surface area contributed by atoms with Gasteiger partial charge in [0.2, 0.25) is 0 Å². The number of rotatable bonds is 10. The zero-order valence-electron chi connectivity index (χ0n) is 19.5. The zero-order valence-corrected chi connectivity index (χ0v) is 20.2. The molecular weight excluding hydrogens is 458 g/mol. The number of nitrogens with zero attached hydrogens (tertiary/aromatic N) is 2. The third kappa shape index (κ3) is 5.69. The lowest BCUT2D eigenvalue weighted by Crippen LogP contribution is -2.43. The van der Waals surface area contributed by atoms with Gasteiger partial charge < -0.3 is 14.8 Å². The smallest absolute Gasteiger partial charge is 0.335 e. The van der Waals surface area contributed by atoms with E-state index in [4.69, 9.17) is 21.1 Å². The van der Waals surface area contributed by atoms with Crippen LogP contribution in [0.3, 0.4) is 0 Å². The summed E-state index contributed by atoms with van der Waals surface area (Å²) < 4.78 is 12.9. The molecule has 1 N–H and O–H groups in total. The van der Waals surface area contributed by atoms with E-state index in [1.807, 2.05) is 19.1 Å². The molecule has 0 aliphatic heterocycles. The predicted molar refractivity (Wildman–Crippen MR) is 132 cm³/mol. The fourth-order valence-corrected chi connectivity index (χ4v) is 3.73. The standard InChI is InChI=1S/C25H28ClN3O5/c1-4-5-13-28-16-20(24(31)29(25(28)32)19-8-6-7-18(26)15-19)23(30)27-12-11-17-9-10-21(33-2)22(14-17)34-3/h6-10,14-16H,4-5,11-13H2,1-3H3,(H,27,30). The summed E-state index contributed by atoms with van der Waals surface area (Å²) >= 11 is 6.07. The summed E-state index contributed by atoms with van der Waals surface area (Å²) in [5.41, 5.74) is -0.0656. The second-order valence-electron chi connectivity index (χ2n) is 7.69. The Morgan fingerprint density at radius 2 is 1.82 bits per heavy atom. The molecule has 0 radical (unpaired) electrons. The molecule has 3 rings (SSSR count). The number of aryl methyl sites for hydroxylation is 1. The number of halogens is 1. The fraction of sp³-hybridized carbons (Fsp3) is 0.320. The number of methoxy groups -OCH3 is 2. The van der Waals surface area contributed by atoms with E-state index in [0.717, 1.165) is 23.0 Å². The number of carbonyl (C=O) groups is 1. The van der Waals surface area contributed by atoms with Crippen molar-refractivity contribution in [2.45, 2.75) is 32.7 Å². The lowest BCUT2D eigenvalue weighted by atomic mass is 10.1. The first kappa shape index (κ1) is 25.1.